The van der Waals surface area contributed by atoms with Gasteiger partial charge in [0.2, 0.25) is 0 Å². The molecular formula is C25H28F4N2S. The number of hydrogen-bond acceptors (Lipinski definition) is 2. The van der Waals surface area contributed by atoms with E-state index in [2.05, 4.69) is 29.4 Å². The first-order valence-electron chi connectivity index (χ1n) is 11.1. The van der Waals surface area contributed by atoms with Gasteiger partial charge in [-0.2, -0.15) is 25.8 Å². The van der Waals surface area contributed by atoms with Crippen molar-refractivity contribution in [3.63, 3.8) is 0 Å². The van der Waals surface area contributed by atoms with Crippen LogP contribution in [0.1, 0.15) is 59.7 Å². The molecule has 1 aliphatic rings. The van der Waals surface area contributed by atoms with Gasteiger partial charge in [-0.1, -0.05) is 25.1 Å². The van der Waals surface area contributed by atoms with Crippen LogP contribution < -0.4 is 0 Å². The summed E-state index contributed by atoms with van der Waals surface area (Å²) in [6.45, 7) is 4.78. The number of fused-ring (bicyclic) bond motifs is 1. The number of thiol groups is 1. The third-order valence-corrected chi connectivity index (χ3v) is 7.11. The number of rotatable bonds is 6. The van der Waals surface area contributed by atoms with Crippen LogP contribution in [-0.2, 0) is 12.6 Å². The summed E-state index contributed by atoms with van der Waals surface area (Å²) in [6.07, 6.45) is -0.737. The number of alkyl halides is 3. The number of H-pyrrole nitrogens is 1. The Hall–Kier alpha value is -1.99. The summed E-state index contributed by atoms with van der Waals surface area (Å²) in [7, 11) is 0. The van der Waals surface area contributed by atoms with Gasteiger partial charge in [-0.25, -0.2) is 4.39 Å². The number of benzene rings is 2. The van der Waals surface area contributed by atoms with Gasteiger partial charge >= 0.3 is 6.18 Å². The molecule has 1 N–H and O–H groups in total. The van der Waals surface area contributed by atoms with Gasteiger partial charge in [-0.3, -0.25) is 0 Å². The van der Waals surface area contributed by atoms with E-state index in [0.29, 0.717) is 17.9 Å². The molecule has 0 saturated carbocycles. The van der Waals surface area contributed by atoms with Crippen LogP contribution in [0.4, 0.5) is 17.6 Å². The Kier molecular flexibility index (Phi) is 6.86. The lowest BCUT2D eigenvalue weighted by atomic mass is 9.87. The largest absolute Gasteiger partial charge is 0.416 e. The van der Waals surface area contributed by atoms with Crippen molar-refractivity contribution in [2.75, 3.05) is 19.6 Å². The van der Waals surface area contributed by atoms with E-state index in [1.807, 2.05) is 6.07 Å². The number of nitrogens with zero attached hydrogens (tertiary/aromatic N) is 1. The molecule has 0 aliphatic carbocycles. The second-order valence-corrected chi connectivity index (χ2v) is 9.23. The molecule has 0 amide bonds. The molecule has 0 bridgehead atoms. The van der Waals surface area contributed by atoms with Gasteiger partial charge in [0.1, 0.15) is 5.82 Å². The second-order valence-electron chi connectivity index (χ2n) is 8.60. The summed E-state index contributed by atoms with van der Waals surface area (Å²) in [5, 5.41) is 0.881. The average molecular weight is 465 g/mol. The predicted molar refractivity (Wildman–Crippen MR) is 124 cm³/mol. The lowest BCUT2D eigenvalue weighted by Crippen LogP contribution is -2.34. The normalized spacial score (nSPS) is 17.2. The number of aryl methyl sites for hydroxylation is 1. The van der Waals surface area contributed by atoms with Gasteiger partial charge < -0.3 is 9.88 Å². The first kappa shape index (κ1) is 23.2. The van der Waals surface area contributed by atoms with Gasteiger partial charge in [0, 0.05) is 21.8 Å². The van der Waals surface area contributed by atoms with E-state index in [4.69, 9.17) is 0 Å². The maximum absolute atomic E-state index is 13.6. The molecule has 2 nitrogen and oxygen atoms in total. The summed E-state index contributed by atoms with van der Waals surface area (Å²) in [5.74, 6) is 0.195. The first-order chi connectivity index (χ1) is 15.3. The minimum Gasteiger partial charge on any atom is -0.358 e. The SMILES string of the molecule is CCc1[nH]c2cc(F)ccc2c1C1CCN(CCC(S)c2cccc(C(F)(F)F)c2)CC1. The van der Waals surface area contributed by atoms with Crippen LogP contribution in [0.2, 0.25) is 0 Å². The number of halogens is 4. The van der Waals surface area contributed by atoms with Gasteiger partial charge in [0.25, 0.3) is 0 Å². The van der Waals surface area contributed by atoms with Crippen LogP contribution >= 0.6 is 12.6 Å². The van der Waals surface area contributed by atoms with E-state index in [1.54, 1.807) is 12.1 Å². The molecule has 32 heavy (non-hydrogen) atoms. The molecule has 2 aromatic carbocycles. The smallest absolute Gasteiger partial charge is 0.358 e. The van der Waals surface area contributed by atoms with Crippen molar-refractivity contribution in [2.24, 2.45) is 0 Å². The number of aromatic nitrogens is 1. The summed E-state index contributed by atoms with van der Waals surface area (Å²) < 4.78 is 52.6. The first-order valence-corrected chi connectivity index (χ1v) is 11.7. The monoisotopic (exact) mass is 464 g/mol. The highest BCUT2D eigenvalue weighted by molar-refractivity contribution is 7.80. The Morgan fingerprint density at radius 2 is 1.88 bits per heavy atom. The van der Waals surface area contributed by atoms with Crippen molar-refractivity contribution in [1.29, 1.82) is 0 Å². The standard InChI is InChI=1S/C25H28F4N2S/c1-2-21-24(20-7-6-19(26)15-22(20)30-21)16-8-11-31(12-9-16)13-10-23(32)17-4-3-5-18(14-17)25(27,28)29/h3-7,14-16,23,30,32H,2,8-13H2,1H3. The number of aromatic amines is 1. The average Bonchev–Trinajstić information content (AvgIpc) is 3.15. The third kappa shape index (κ3) is 4.99. The van der Waals surface area contributed by atoms with Crippen LogP contribution in [0.25, 0.3) is 10.9 Å². The summed E-state index contributed by atoms with van der Waals surface area (Å²) in [5.41, 5.74) is 3.34. The maximum atomic E-state index is 13.6. The molecule has 1 saturated heterocycles. The molecule has 172 valence electrons. The molecule has 1 atom stereocenters. The Balaban J connectivity index is 1.36. The maximum Gasteiger partial charge on any atom is 0.416 e. The van der Waals surface area contributed by atoms with Crippen LogP contribution in [0, 0.1) is 5.82 Å². The molecule has 1 aliphatic heterocycles. The molecule has 3 aromatic rings. The fourth-order valence-corrected chi connectivity index (χ4v) is 5.11. The second kappa shape index (κ2) is 9.48. The zero-order valence-corrected chi connectivity index (χ0v) is 18.9. The molecule has 7 heteroatoms. The van der Waals surface area contributed by atoms with Crippen LogP contribution in [0.5, 0.6) is 0 Å². The van der Waals surface area contributed by atoms with Gasteiger partial charge in [0.15, 0.2) is 0 Å². The van der Waals surface area contributed by atoms with Crippen molar-refractivity contribution in [2.45, 2.75) is 50.0 Å². The number of likely N-dealkylation sites (tertiary alicyclic amines) is 1. The molecular weight excluding hydrogens is 436 g/mol. The van der Waals surface area contributed by atoms with Gasteiger partial charge in [-0.15, -0.1) is 0 Å². The van der Waals surface area contributed by atoms with E-state index in [1.165, 1.54) is 29.5 Å². The quantitative estimate of drug-likeness (QED) is 0.294. The predicted octanol–water partition coefficient (Wildman–Crippen LogP) is 7.13. The number of hydrogen-bond donors (Lipinski definition) is 2. The van der Waals surface area contributed by atoms with E-state index in [-0.39, 0.29) is 11.1 Å². The number of piperidine rings is 1. The van der Waals surface area contributed by atoms with E-state index in [9.17, 15) is 17.6 Å². The molecule has 1 unspecified atom stereocenters. The minimum absolute atomic E-state index is 0.231. The number of nitrogens with one attached hydrogen (secondary N) is 1. The topological polar surface area (TPSA) is 19.0 Å². The molecule has 1 aromatic heterocycles. The Labute approximate surface area is 191 Å². The van der Waals surface area contributed by atoms with Gasteiger partial charge in [-0.05, 0) is 86.6 Å². The van der Waals surface area contributed by atoms with E-state index < -0.39 is 11.7 Å². The zero-order chi connectivity index (χ0) is 22.9. The van der Waals surface area contributed by atoms with Crippen LogP contribution in [-0.4, -0.2) is 29.5 Å². The van der Waals surface area contributed by atoms with Crippen molar-refractivity contribution >= 4 is 23.5 Å². The Morgan fingerprint density at radius 3 is 2.56 bits per heavy atom. The van der Waals surface area contributed by atoms with Gasteiger partial charge in [0.05, 0.1) is 5.56 Å². The fourth-order valence-electron chi connectivity index (χ4n) is 4.83. The lowest BCUT2D eigenvalue weighted by Gasteiger charge is -2.33. The zero-order valence-electron chi connectivity index (χ0n) is 18.1. The molecule has 1 fully saturated rings. The van der Waals surface area contributed by atoms with Crippen molar-refractivity contribution in [1.82, 2.24) is 9.88 Å². The van der Waals surface area contributed by atoms with Crippen molar-refractivity contribution in [3.8, 4) is 0 Å². The van der Waals surface area contributed by atoms with Crippen LogP contribution in [0.15, 0.2) is 42.5 Å². The molecule has 0 radical (unpaired) electrons. The lowest BCUT2D eigenvalue weighted by molar-refractivity contribution is -0.137. The molecule has 4 rings (SSSR count). The fraction of sp³-hybridized carbons (Fsp3) is 0.440. The van der Waals surface area contributed by atoms with Crippen molar-refractivity contribution < 1.29 is 17.6 Å². The summed E-state index contributed by atoms with van der Waals surface area (Å²) >= 11 is 4.57. The highest BCUT2D eigenvalue weighted by Gasteiger charge is 2.31. The third-order valence-electron chi connectivity index (χ3n) is 6.55. The van der Waals surface area contributed by atoms with Crippen LogP contribution in [0.3, 0.4) is 0 Å². The molecule has 0 spiro atoms. The highest BCUT2D eigenvalue weighted by Crippen LogP contribution is 2.37. The van der Waals surface area contributed by atoms with Crippen molar-refractivity contribution in [3.05, 3.63) is 70.7 Å². The van der Waals surface area contributed by atoms with E-state index >= 15 is 0 Å². The summed E-state index contributed by atoms with van der Waals surface area (Å²) in [4.78, 5) is 5.76. The molecule has 2 heterocycles. The minimum atomic E-state index is -4.34. The van der Waals surface area contributed by atoms with E-state index in [0.717, 1.165) is 55.9 Å². The highest BCUT2D eigenvalue weighted by atomic mass is 32.1. The summed E-state index contributed by atoms with van der Waals surface area (Å²) in [6, 6.07) is 10.4. The Morgan fingerprint density at radius 1 is 1.12 bits per heavy atom. The Bertz CT molecular complexity index is 1070.